The number of benzene rings is 2. The van der Waals surface area contributed by atoms with Crippen LogP contribution in [0.5, 0.6) is 0 Å². The third-order valence-electron chi connectivity index (χ3n) is 6.61. The third-order valence-corrected chi connectivity index (χ3v) is 6.61. The molecule has 6 rings (SSSR count). The Morgan fingerprint density at radius 2 is 1.88 bits per heavy atom. The van der Waals surface area contributed by atoms with E-state index in [9.17, 15) is 9.59 Å². The molecule has 6 aromatic rings. The summed E-state index contributed by atoms with van der Waals surface area (Å²) in [5.74, 6) is 6.24. The molecule has 4 heterocycles. The Balaban J connectivity index is 1.48. The number of nitrogens with one attached hydrogen (secondary N) is 1. The van der Waals surface area contributed by atoms with Crippen LogP contribution in [0.25, 0.3) is 22.2 Å². The summed E-state index contributed by atoms with van der Waals surface area (Å²) in [5.41, 5.74) is 3.47. The van der Waals surface area contributed by atoms with Crippen molar-refractivity contribution in [1.29, 1.82) is 0 Å². The molecular weight excluding hydrogens is 504 g/mol. The Bertz CT molecular complexity index is 2030. The molecule has 0 radical (unpaired) electrons. The number of imidazole rings is 1. The van der Waals surface area contributed by atoms with Crippen LogP contribution in [-0.2, 0) is 7.05 Å². The Kier molecular flexibility index (Phi) is 6.16. The summed E-state index contributed by atoms with van der Waals surface area (Å²) >= 11 is 0. The smallest absolute Gasteiger partial charge is 0.267 e. The lowest BCUT2D eigenvalue weighted by atomic mass is 10.1. The lowest BCUT2D eigenvalue weighted by Crippen LogP contribution is -2.33. The van der Waals surface area contributed by atoms with Crippen molar-refractivity contribution in [1.82, 2.24) is 39.0 Å². The van der Waals surface area contributed by atoms with E-state index < -0.39 is 6.04 Å². The van der Waals surface area contributed by atoms with Gasteiger partial charge in [0.2, 0.25) is 0 Å². The fraction of sp³-hybridized carbons (Fsp3) is 0.133. The number of fused-ring (bicyclic) bond motifs is 2. The van der Waals surface area contributed by atoms with E-state index in [4.69, 9.17) is 4.98 Å². The number of aromatic nitrogens is 7. The second kappa shape index (κ2) is 9.96. The van der Waals surface area contributed by atoms with Gasteiger partial charge in [-0.1, -0.05) is 30.2 Å². The monoisotopic (exact) mass is 528 g/mol. The molecule has 0 aliphatic heterocycles. The van der Waals surface area contributed by atoms with Gasteiger partial charge in [-0.3, -0.25) is 14.2 Å². The maximum absolute atomic E-state index is 14.1. The molecule has 10 heteroatoms. The summed E-state index contributed by atoms with van der Waals surface area (Å²) in [5, 5.41) is 7.79. The van der Waals surface area contributed by atoms with Gasteiger partial charge in [-0.05, 0) is 50.1 Å². The lowest BCUT2D eigenvalue weighted by Gasteiger charge is -2.20. The summed E-state index contributed by atoms with van der Waals surface area (Å²) < 4.78 is 4.91. The van der Waals surface area contributed by atoms with Crippen molar-refractivity contribution < 1.29 is 4.79 Å². The Labute approximate surface area is 229 Å². The molecule has 1 N–H and O–H groups in total. The molecule has 0 aliphatic carbocycles. The first-order chi connectivity index (χ1) is 19.4. The van der Waals surface area contributed by atoms with Crippen LogP contribution in [0.1, 0.15) is 46.1 Å². The first kappa shape index (κ1) is 24.8. The predicted molar refractivity (Wildman–Crippen MR) is 150 cm³/mol. The van der Waals surface area contributed by atoms with E-state index in [0.29, 0.717) is 44.9 Å². The van der Waals surface area contributed by atoms with Gasteiger partial charge in [0.1, 0.15) is 17.1 Å². The van der Waals surface area contributed by atoms with Gasteiger partial charge in [0.05, 0.1) is 40.9 Å². The number of carbonyl (C=O) groups excluding carboxylic acids is 1. The van der Waals surface area contributed by atoms with Crippen LogP contribution in [0.15, 0.2) is 84.3 Å². The van der Waals surface area contributed by atoms with Crippen LogP contribution < -0.4 is 10.9 Å². The zero-order valence-electron chi connectivity index (χ0n) is 22.0. The summed E-state index contributed by atoms with van der Waals surface area (Å²) in [6.45, 7) is 3.56. The Hall–Kier alpha value is -5.56. The summed E-state index contributed by atoms with van der Waals surface area (Å²) in [4.78, 5) is 40.9. The highest BCUT2D eigenvalue weighted by Crippen LogP contribution is 2.21. The number of amides is 1. The van der Waals surface area contributed by atoms with Crippen molar-refractivity contribution >= 4 is 22.5 Å². The van der Waals surface area contributed by atoms with Crippen LogP contribution in [0, 0.1) is 18.8 Å². The molecule has 1 amide bonds. The van der Waals surface area contributed by atoms with Gasteiger partial charge in [-0.2, -0.15) is 5.10 Å². The topological polar surface area (TPSA) is 112 Å². The van der Waals surface area contributed by atoms with Crippen molar-refractivity contribution in [2.75, 3.05) is 0 Å². The molecule has 0 aliphatic rings. The minimum atomic E-state index is -0.632. The molecule has 4 aromatic heterocycles. The maximum Gasteiger partial charge on any atom is 0.267 e. The van der Waals surface area contributed by atoms with Gasteiger partial charge in [-0.15, -0.1) is 0 Å². The van der Waals surface area contributed by atoms with Crippen LogP contribution in [-0.4, -0.2) is 39.6 Å². The van der Waals surface area contributed by atoms with Gasteiger partial charge < -0.3 is 9.88 Å². The Morgan fingerprint density at radius 1 is 1.05 bits per heavy atom. The van der Waals surface area contributed by atoms with Crippen LogP contribution in [0.2, 0.25) is 0 Å². The molecule has 40 heavy (non-hydrogen) atoms. The zero-order valence-corrected chi connectivity index (χ0v) is 22.0. The number of aryl methyl sites for hydroxylation is 2. The van der Waals surface area contributed by atoms with Gasteiger partial charge in [0.15, 0.2) is 5.65 Å². The highest BCUT2D eigenvalue weighted by molar-refractivity contribution is 6.01. The van der Waals surface area contributed by atoms with E-state index in [2.05, 4.69) is 32.2 Å². The van der Waals surface area contributed by atoms with E-state index in [1.807, 2.05) is 48.0 Å². The van der Waals surface area contributed by atoms with Crippen molar-refractivity contribution in [2.24, 2.45) is 7.05 Å². The molecule has 0 spiro atoms. The first-order valence-corrected chi connectivity index (χ1v) is 12.6. The van der Waals surface area contributed by atoms with E-state index >= 15 is 0 Å². The number of carbonyl (C=O) groups is 1. The molecule has 2 aromatic carbocycles. The zero-order chi connectivity index (χ0) is 27.8. The number of rotatable bonds is 4. The standard InChI is InChI=1S/C30H24N8O2/c1-19-25(28-32-15-8-16-37(28)35-19)29(39)33-20(2)27-34-24-12-7-9-21(13-14-23-17-31-18-36(23)3)26(24)30(40)38(27)22-10-5-4-6-11-22/h4-12,15-18,20H,1-3H3,(H,33,39). The van der Waals surface area contributed by atoms with Crippen molar-refractivity contribution in [2.45, 2.75) is 19.9 Å². The molecule has 1 atom stereocenters. The SMILES string of the molecule is Cc1nn2cccnc2c1C(=O)NC(C)c1nc2cccc(C#Cc3cncn3C)c2c(=O)n1-c1ccccc1. The van der Waals surface area contributed by atoms with E-state index in [-0.39, 0.29) is 11.5 Å². The summed E-state index contributed by atoms with van der Waals surface area (Å²) in [7, 11) is 1.86. The van der Waals surface area contributed by atoms with E-state index in [0.717, 1.165) is 5.69 Å². The van der Waals surface area contributed by atoms with Crippen LogP contribution in [0.4, 0.5) is 0 Å². The van der Waals surface area contributed by atoms with Gasteiger partial charge >= 0.3 is 0 Å². The maximum atomic E-state index is 14.1. The largest absolute Gasteiger partial charge is 0.342 e. The normalized spacial score (nSPS) is 11.8. The molecule has 10 nitrogen and oxygen atoms in total. The first-order valence-electron chi connectivity index (χ1n) is 12.6. The minimum Gasteiger partial charge on any atom is -0.342 e. The highest BCUT2D eigenvalue weighted by atomic mass is 16.2. The summed E-state index contributed by atoms with van der Waals surface area (Å²) in [6.07, 6.45) is 6.69. The lowest BCUT2D eigenvalue weighted by molar-refractivity contribution is 0.0938. The number of para-hydroxylation sites is 1. The molecule has 0 bridgehead atoms. The fourth-order valence-corrected chi connectivity index (χ4v) is 4.67. The van der Waals surface area contributed by atoms with E-state index in [1.54, 1.807) is 61.5 Å². The fourth-order valence-electron chi connectivity index (χ4n) is 4.67. The molecule has 196 valence electrons. The predicted octanol–water partition coefficient (Wildman–Crippen LogP) is 3.36. The third kappa shape index (κ3) is 4.29. The average Bonchev–Trinajstić information content (AvgIpc) is 3.53. The second-order valence-corrected chi connectivity index (χ2v) is 9.33. The Morgan fingerprint density at radius 3 is 2.65 bits per heavy atom. The number of hydrogen-bond donors (Lipinski definition) is 1. The molecule has 1 unspecified atom stereocenters. The second-order valence-electron chi connectivity index (χ2n) is 9.33. The van der Waals surface area contributed by atoms with Crippen LogP contribution >= 0.6 is 0 Å². The molecular formula is C30H24N8O2. The molecule has 0 saturated heterocycles. The summed E-state index contributed by atoms with van der Waals surface area (Å²) in [6, 6.07) is 15.7. The molecule has 0 fully saturated rings. The number of nitrogens with zero attached hydrogens (tertiary/aromatic N) is 7. The van der Waals surface area contributed by atoms with Crippen molar-refractivity contribution in [3.05, 3.63) is 118 Å². The minimum absolute atomic E-state index is 0.281. The average molecular weight is 529 g/mol. The van der Waals surface area contributed by atoms with Crippen molar-refractivity contribution in [3.63, 3.8) is 0 Å². The number of hydrogen-bond acceptors (Lipinski definition) is 6. The van der Waals surface area contributed by atoms with E-state index in [1.165, 1.54) is 4.57 Å². The highest BCUT2D eigenvalue weighted by Gasteiger charge is 2.24. The van der Waals surface area contributed by atoms with Gasteiger partial charge in [-0.25, -0.2) is 19.5 Å². The van der Waals surface area contributed by atoms with Gasteiger partial charge in [0, 0.05) is 25.0 Å². The quantitative estimate of drug-likeness (QED) is 0.351. The molecule has 0 saturated carbocycles. The van der Waals surface area contributed by atoms with Gasteiger partial charge in [0.25, 0.3) is 11.5 Å². The van der Waals surface area contributed by atoms with Crippen molar-refractivity contribution in [3.8, 4) is 17.5 Å². The van der Waals surface area contributed by atoms with Crippen LogP contribution in [0.3, 0.4) is 0 Å².